The summed E-state index contributed by atoms with van der Waals surface area (Å²) in [6.07, 6.45) is 0. The zero-order valence-electron chi connectivity index (χ0n) is 7.47. The van der Waals surface area contributed by atoms with Gasteiger partial charge < -0.3 is 9.64 Å². The van der Waals surface area contributed by atoms with E-state index in [1.54, 1.807) is 7.11 Å². The van der Waals surface area contributed by atoms with Crippen LogP contribution in [0, 0.1) is 0 Å². The molecule has 0 atom stereocenters. The lowest BCUT2D eigenvalue weighted by molar-refractivity contribution is 0.415. The van der Waals surface area contributed by atoms with Crippen molar-refractivity contribution in [3.8, 4) is 5.75 Å². The van der Waals surface area contributed by atoms with Crippen LogP contribution in [0.2, 0.25) is 5.02 Å². The van der Waals surface area contributed by atoms with E-state index >= 15 is 0 Å². The van der Waals surface area contributed by atoms with E-state index in [2.05, 4.69) is 0 Å². The number of hydrogen-bond donors (Lipinski definition) is 0. The molecule has 1 aromatic carbocycles. The van der Waals surface area contributed by atoms with Gasteiger partial charge in [-0.1, -0.05) is 11.6 Å². The summed E-state index contributed by atoms with van der Waals surface area (Å²) in [6, 6.07) is 5.55. The molecule has 0 aliphatic heterocycles. The van der Waals surface area contributed by atoms with Crippen molar-refractivity contribution >= 4 is 17.3 Å². The van der Waals surface area contributed by atoms with E-state index < -0.39 is 0 Å². The highest BCUT2D eigenvalue weighted by atomic mass is 35.5. The lowest BCUT2D eigenvalue weighted by Gasteiger charge is -2.16. The molecule has 0 saturated heterocycles. The van der Waals surface area contributed by atoms with Crippen molar-refractivity contribution in [1.29, 1.82) is 0 Å². The van der Waals surface area contributed by atoms with Crippen LogP contribution in [0.15, 0.2) is 18.2 Å². The van der Waals surface area contributed by atoms with Crippen LogP contribution in [-0.2, 0) is 0 Å². The topological polar surface area (TPSA) is 12.5 Å². The minimum Gasteiger partial charge on any atom is -0.495 e. The zero-order valence-corrected chi connectivity index (χ0v) is 8.22. The van der Waals surface area contributed by atoms with E-state index in [9.17, 15) is 0 Å². The Balaban J connectivity index is 3.12. The molecule has 0 saturated carbocycles. The highest BCUT2D eigenvalue weighted by Crippen LogP contribution is 2.29. The summed E-state index contributed by atoms with van der Waals surface area (Å²) in [5.74, 6) is 0.837. The fourth-order valence-electron chi connectivity index (χ4n) is 1.01. The van der Waals surface area contributed by atoms with Gasteiger partial charge in [0.1, 0.15) is 5.75 Å². The Hall–Kier alpha value is -0.890. The van der Waals surface area contributed by atoms with Gasteiger partial charge in [-0.25, -0.2) is 0 Å². The van der Waals surface area contributed by atoms with E-state index in [0.717, 1.165) is 16.5 Å². The number of ether oxygens (including phenoxy) is 1. The van der Waals surface area contributed by atoms with Gasteiger partial charge in [0.15, 0.2) is 0 Å². The van der Waals surface area contributed by atoms with E-state index in [4.69, 9.17) is 16.3 Å². The van der Waals surface area contributed by atoms with E-state index in [1.807, 2.05) is 37.2 Å². The van der Waals surface area contributed by atoms with Gasteiger partial charge in [-0.3, -0.25) is 0 Å². The first kappa shape index (κ1) is 9.20. The summed E-state index contributed by atoms with van der Waals surface area (Å²) in [4.78, 5) is 1.96. The quantitative estimate of drug-likeness (QED) is 0.702. The lowest BCUT2D eigenvalue weighted by atomic mass is 10.3. The molecule has 66 valence electrons. The average molecular weight is 186 g/mol. The number of hydrogen-bond acceptors (Lipinski definition) is 2. The molecule has 0 aliphatic carbocycles. The molecule has 0 radical (unpaired) electrons. The zero-order chi connectivity index (χ0) is 9.14. The third-order valence-electron chi connectivity index (χ3n) is 1.62. The van der Waals surface area contributed by atoms with Crippen molar-refractivity contribution in [2.24, 2.45) is 0 Å². The van der Waals surface area contributed by atoms with Crippen LogP contribution in [0.3, 0.4) is 0 Å². The van der Waals surface area contributed by atoms with Crippen molar-refractivity contribution < 1.29 is 4.74 Å². The largest absolute Gasteiger partial charge is 0.495 e. The van der Waals surface area contributed by atoms with Crippen molar-refractivity contribution in [2.45, 2.75) is 0 Å². The standard InChI is InChI=1S/C9H12ClNO/c1-11(2)8-6-7(10)4-5-9(8)12-3/h4-6H,1-3H3. The van der Waals surface area contributed by atoms with Gasteiger partial charge in [0.2, 0.25) is 0 Å². The van der Waals surface area contributed by atoms with Gasteiger partial charge in [-0.2, -0.15) is 0 Å². The maximum atomic E-state index is 5.84. The normalized spacial score (nSPS) is 9.67. The Labute approximate surface area is 77.7 Å². The van der Waals surface area contributed by atoms with Gasteiger partial charge in [0, 0.05) is 19.1 Å². The first-order chi connectivity index (χ1) is 5.65. The molecule has 2 nitrogen and oxygen atoms in total. The molecule has 1 rings (SSSR count). The number of methoxy groups -OCH3 is 1. The predicted molar refractivity (Wildman–Crippen MR) is 52.3 cm³/mol. The second-order valence-corrected chi connectivity index (χ2v) is 3.15. The predicted octanol–water partition coefficient (Wildman–Crippen LogP) is 2.41. The van der Waals surface area contributed by atoms with Crippen LogP contribution in [0.5, 0.6) is 5.75 Å². The molecule has 0 amide bonds. The molecule has 3 heteroatoms. The molecule has 0 bridgehead atoms. The van der Waals surface area contributed by atoms with Crippen LogP contribution in [0.1, 0.15) is 0 Å². The van der Waals surface area contributed by atoms with Gasteiger partial charge >= 0.3 is 0 Å². The fourth-order valence-corrected chi connectivity index (χ4v) is 1.18. The van der Waals surface area contributed by atoms with Gasteiger partial charge in [0.25, 0.3) is 0 Å². The third-order valence-corrected chi connectivity index (χ3v) is 1.86. The Morgan fingerprint density at radius 1 is 1.33 bits per heavy atom. The summed E-state index contributed by atoms with van der Waals surface area (Å²) in [7, 11) is 5.55. The molecular weight excluding hydrogens is 174 g/mol. The number of benzene rings is 1. The van der Waals surface area contributed by atoms with Crippen LogP contribution in [0.4, 0.5) is 5.69 Å². The highest BCUT2D eigenvalue weighted by Gasteiger charge is 2.04. The first-order valence-corrected chi connectivity index (χ1v) is 4.04. The Kier molecular flexibility index (Phi) is 2.82. The maximum Gasteiger partial charge on any atom is 0.142 e. The number of anilines is 1. The minimum atomic E-state index is 0.722. The molecule has 0 unspecified atom stereocenters. The number of halogens is 1. The average Bonchev–Trinajstić information content (AvgIpc) is 2.04. The molecule has 0 aliphatic rings. The van der Waals surface area contributed by atoms with Crippen molar-refractivity contribution in [3.63, 3.8) is 0 Å². The van der Waals surface area contributed by atoms with Gasteiger partial charge in [0.05, 0.1) is 12.8 Å². The van der Waals surface area contributed by atoms with Crippen LogP contribution in [-0.4, -0.2) is 21.2 Å². The molecule has 0 aromatic heterocycles. The molecular formula is C9H12ClNO. The number of rotatable bonds is 2. The SMILES string of the molecule is COc1ccc(Cl)cc1N(C)C. The molecule has 0 spiro atoms. The Bertz CT molecular complexity index is 273. The molecule has 0 N–H and O–H groups in total. The van der Waals surface area contributed by atoms with Gasteiger partial charge in [-0.15, -0.1) is 0 Å². The van der Waals surface area contributed by atoms with Gasteiger partial charge in [-0.05, 0) is 18.2 Å². The number of nitrogens with zero attached hydrogens (tertiary/aromatic N) is 1. The molecule has 0 fully saturated rings. The monoisotopic (exact) mass is 185 g/mol. The van der Waals surface area contributed by atoms with Crippen LogP contribution < -0.4 is 9.64 Å². The summed E-state index contributed by atoms with van der Waals surface area (Å²) in [6.45, 7) is 0. The lowest BCUT2D eigenvalue weighted by Crippen LogP contribution is -2.09. The van der Waals surface area contributed by atoms with E-state index in [-0.39, 0.29) is 0 Å². The third kappa shape index (κ3) is 1.83. The molecule has 0 heterocycles. The second kappa shape index (κ2) is 3.68. The Morgan fingerprint density at radius 2 is 2.00 bits per heavy atom. The summed E-state index contributed by atoms with van der Waals surface area (Å²) >= 11 is 5.84. The van der Waals surface area contributed by atoms with Crippen molar-refractivity contribution in [2.75, 3.05) is 26.1 Å². The van der Waals surface area contributed by atoms with Crippen LogP contribution >= 0.6 is 11.6 Å². The highest BCUT2D eigenvalue weighted by molar-refractivity contribution is 6.30. The van der Waals surface area contributed by atoms with E-state index in [1.165, 1.54) is 0 Å². The van der Waals surface area contributed by atoms with E-state index in [0.29, 0.717) is 0 Å². The minimum absolute atomic E-state index is 0.722. The summed E-state index contributed by atoms with van der Waals surface area (Å²) in [5, 5.41) is 0.722. The second-order valence-electron chi connectivity index (χ2n) is 2.71. The molecule has 12 heavy (non-hydrogen) atoms. The maximum absolute atomic E-state index is 5.84. The fraction of sp³-hybridized carbons (Fsp3) is 0.333. The first-order valence-electron chi connectivity index (χ1n) is 3.66. The smallest absolute Gasteiger partial charge is 0.142 e. The summed E-state index contributed by atoms with van der Waals surface area (Å²) < 4.78 is 5.16. The summed E-state index contributed by atoms with van der Waals surface area (Å²) in [5.41, 5.74) is 0.991. The van der Waals surface area contributed by atoms with Crippen LogP contribution in [0.25, 0.3) is 0 Å². The molecule has 1 aromatic rings. The Morgan fingerprint density at radius 3 is 2.50 bits per heavy atom. The van der Waals surface area contributed by atoms with Crippen molar-refractivity contribution in [3.05, 3.63) is 23.2 Å². The van der Waals surface area contributed by atoms with Crippen molar-refractivity contribution in [1.82, 2.24) is 0 Å².